The van der Waals surface area contributed by atoms with Gasteiger partial charge in [0, 0.05) is 0 Å². The first-order valence-electron chi connectivity index (χ1n) is 8.50. The predicted molar refractivity (Wildman–Crippen MR) is 99.6 cm³/mol. The smallest absolute Gasteiger partial charge is 0.125 e. The maximum absolute atomic E-state index is 5.74. The molecule has 0 atom stereocenters. The third kappa shape index (κ3) is 12.2. The Balaban J connectivity index is -0.000000478. The van der Waals surface area contributed by atoms with Crippen molar-refractivity contribution < 1.29 is 4.74 Å². The van der Waals surface area contributed by atoms with Gasteiger partial charge in [0.2, 0.25) is 0 Å². The van der Waals surface area contributed by atoms with Crippen molar-refractivity contribution in [1.82, 2.24) is 0 Å². The molecule has 0 aliphatic carbocycles. The molecule has 0 radical (unpaired) electrons. The Labute approximate surface area is 134 Å². The number of allylic oxidation sites excluding steroid dienone is 1. The fourth-order valence-electron chi connectivity index (χ4n) is 1.76. The lowest BCUT2D eigenvalue weighted by Crippen LogP contribution is -1.98. The van der Waals surface area contributed by atoms with Crippen molar-refractivity contribution >= 4 is 0 Å². The molecule has 0 unspecified atom stereocenters. The van der Waals surface area contributed by atoms with Crippen molar-refractivity contribution in [1.29, 1.82) is 0 Å². The third-order valence-electron chi connectivity index (χ3n) is 2.33. The second kappa shape index (κ2) is 18.8. The summed E-state index contributed by atoms with van der Waals surface area (Å²) in [6.07, 6.45) is 5.26. The van der Waals surface area contributed by atoms with Crippen LogP contribution in [0.2, 0.25) is 0 Å². The van der Waals surface area contributed by atoms with Gasteiger partial charge in [0.25, 0.3) is 0 Å². The number of hydrogen-bond acceptors (Lipinski definition) is 1. The van der Waals surface area contributed by atoms with Gasteiger partial charge in [-0.1, -0.05) is 78.3 Å². The first kappa shape index (κ1) is 24.8. The quantitative estimate of drug-likeness (QED) is 0.541. The van der Waals surface area contributed by atoms with E-state index in [0.717, 1.165) is 12.2 Å². The van der Waals surface area contributed by atoms with Crippen LogP contribution >= 0.6 is 0 Å². The zero-order valence-corrected chi connectivity index (χ0v) is 16.1. The molecule has 0 fully saturated rings. The van der Waals surface area contributed by atoms with Gasteiger partial charge in [-0.15, -0.1) is 0 Å². The number of ether oxygens (including phenoxy) is 1. The monoisotopic (exact) mass is 294 g/mol. The van der Waals surface area contributed by atoms with Crippen LogP contribution in [0.4, 0.5) is 0 Å². The average Bonchev–Trinajstić information content (AvgIpc) is 2.51. The van der Waals surface area contributed by atoms with Crippen LogP contribution in [0.3, 0.4) is 0 Å². The molecular formula is C20H38O. The molecule has 21 heavy (non-hydrogen) atoms. The molecule has 0 N–H and O–H groups in total. The van der Waals surface area contributed by atoms with Crippen molar-refractivity contribution in [3.05, 3.63) is 41.0 Å². The fourth-order valence-corrected chi connectivity index (χ4v) is 1.76. The molecule has 0 heterocycles. The third-order valence-corrected chi connectivity index (χ3v) is 2.33. The maximum Gasteiger partial charge on any atom is 0.125 e. The molecule has 0 aliphatic heterocycles. The van der Waals surface area contributed by atoms with Crippen molar-refractivity contribution in [2.75, 3.05) is 6.61 Å². The Morgan fingerprint density at radius 1 is 0.810 bits per heavy atom. The van der Waals surface area contributed by atoms with Crippen LogP contribution < -0.4 is 4.74 Å². The van der Waals surface area contributed by atoms with E-state index in [2.05, 4.69) is 52.0 Å². The predicted octanol–water partition coefficient (Wildman–Crippen LogP) is 7.04. The zero-order chi connectivity index (χ0) is 17.3. The molecule has 1 rings (SSSR count). The molecule has 1 aromatic carbocycles. The standard InChI is InChI=1S/C14H20O.3C2H6/c1-5-6-7-8-15-14-12(3)9-11(2)10-13(14)4;3*1-2/h6-7,9-10H,5,8H2,1-4H3;3*1-2H3/b7-6+;;;. The van der Waals surface area contributed by atoms with Crippen molar-refractivity contribution in [3.8, 4) is 5.75 Å². The minimum absolute atomic E-state index is 0.665. The summed E-state index contributed by atoms with van der Waals surface area (Å²) < 4.78 is 5.74. The lowest BCUT2D eigenvalue weighted by Gasteiger charge is -2.11. The average molecular weight is 295 g/mol. The van der Waals surface area contributed by atoms with Crippen LogP contribution in [0.15, 0.2) is 24.3 Å². The van der Waals surface area contributed by atoms with Gasteiger partial charge in [-0.25, -0.2) is 0 Å². The Hall–Kier alpha value is -1.24. The number of benzene rings is 1. The van der Waals surface area contributed by atoms with Crippen LogP contribution in [0.1, 0.15) is 71.6 Å². The highest BCUT2D eigenvalue weighted by Crippen LogP contribution is 2.24. The Morgan fingerprint density at radius 3 is 1.62 bits per heavy atom. The maximum atomic E-state index is 5.74. The molecule has 0 aliphatic rings. The lowest BCUT2D eigenvalue weighted by atomic mass is 10.1. The highest BCUT2D eigenvalue weighted by atomic mass is 16.5. The van der Waals surface area contributed by atoms with E-state index in [1.807, 2.05) is 41.5 Å². The van der Waals surface area contributed by atoms with Gasteiger partial charge in [0.05, 0.1) is 0 Å². The number of rotatable bonds is 4. The van der Waals surface area contributed by atoms with Gasteiger partial charge in [-0.2, -0.15) is 0 Å². The van der Waals surface area contributed by atoms with Gasteiger partial charge < -0.3 is 4.74 Å². The van der Waals surface area contributed by atoms with Gasteiger partial charge in [-0.05, 0) is 38.3 Å². The summed E-state index contributed by atoms with van der Waals surface area (Å²) in [5.74, 6) is 1.03. The first-order valence-corrected chi connectivity index (χ1v) is 8.50. The van der Waals surface area contributed by atoms with Crippen LogP contribution in [0.25, 0.3) is 0 Å². The second-order valence-corrected chi connectivity index (χ2v) is 3.92. The summed E-state index contributed by atoms with van der Waals surface area (Å²) in [6.45, 7) is 21.1. The summed E-state index contributed by atoms with van der Waals surface area (Å²) in [5, 5.41) is 0. The van der Waals surface area contributed by atoms with Gasteiger partial charge in [0.15, 0.2) is 0 Å². The van der Waals surface area contributed by atoms with Crippen molar-refractivity contribution in [3.63, 3.8) is 0 Å². The molecule has 0 saturated carbocycles. The van der Waals surface area contributed by atoms with Crippen LogP contribution in [-0.4, -0.2) is 6.61 Å². The Kier molecular flexibility index (Phi) is 22.1. The normalized spacial score (nSPS) is 8.67. The van der Waals surface area contributed by atoms with E-state index in [-0.39, 0.29) is 0 Å². The molecule has 1 aromatic rings. The van der Waals surface area contributed by atoms with Crippen LogP contribution in [0, 0.1) is 20.8 Å². The van der Waals surface area contributed by atoms with E-state index in [1.54, 1.807) is 0 Å². The Morgan fingerprint density at radius 2 is 1.24 bits per heavy atom. The van der Waals surface area contributed by atoms with Crippen LogP contribution in [-0.2, 0) is 0 Å². The van der Waals surface area contributed by atoms with Gasteiger partial charge in [-0.3, -0.25) is 0 Å². The second-order valence-electron chi connectivity index (χ2n) is 3.92. The molecule has 0 amide bonds. The molecular weight excluding hydrogens is 256 g/mol. The highest BCUT2D eigenvalue weighted by molar-refractivity contribution is 5.42. The fraction of sp³-hybridized carbons (Fsp3) is 0.600. The molecule has 0 aromatic heterocycles. The molecule has 124 valence electrons. The number of hydrogen-bond donors (Lipinski definition) is 0. The SMILES string of the molecule is CC.CC.CC.CC/C=C/COc1c(C)cc(C)cc1C. The zero-order valence-electron chi connectivity index (χ0n) is 16.1. The van der Waals surface area contributed by atoms with Crippen molar-refractivity contribution in [2.45, 2.75) is 75.7 Å². The molecule has 1 heteroatoms. The van der Waals surface area contributed by atoms with E-state index in [9.17, 15) is 0 Å². The largest absolute Gasteiger partial charge is 0.489 e. The van der Waals surface area contributed by atoms with Crippen LogP contribution in [0.5, 0.6) is 5.75 Å². The summed E-state index contributed by atoms with van der Waals surface area (Å²) in [6, 6.07) is 4.32. The van der Waals surface area contributed by atoms with Gasteiger partial charge >= 0.3 is 0 Å². The van der Waals surface area contributed by atoms with E-state index in [1.165, 1.54) is 16.7 Å². The molecule has 0 saturated heterocycles. The van der Waals surface area contributed by atoms with Gasteiger partial charge in [0.1, 0.15) is 12.4 Å². The van der Waals surface area contributed by atoms with E-state index >= 15 is 0 Å². The summed E-state index contributed by atoms with van der Waals surface area (Å²) >= 11 is 0. The van der Waals surface area contributed by atoms with E-state index in [4.69, 9.17) is 4.74 Å². The molecule has 1 nitrogen and oxygen atoms in total. The summed E-state index contributed by atoms with van der Waals surface area (Å²) in [5.41, 5.74) is 3.73. The lowest BCUT2D eigenvalue weighted by molar-refractivity contribution is 0.357. The Bertz CT molecular complexity index is 328. The van der Waals surface area contributed by atoms with Crippen molar-refractivity contribution in [2.24, 2.45) is 0 Å². The number of aryl methyl sites for hydroxylation is 3. The molecule has 0 spiro atoms. The minimum atomic E-state index is 0.665. The summed E-state index contributed by atoms with van der Waals surface area (Å²) in [7, 11) is 0. The summed E-state index contributed by atoms with van der Waals surface area (Å²) in [4.78, 5) is 0. The van der Waals surface area contributed by atoms with E-state index in [0.29, 0.717) is 6.61 Å². The van der Waals surface area contributed by atoms with E-state index < -0.39 is 0 Å². The first-order chi connectivity index (χ1) is 10.1. The molecule has 0 bridgehead atoms. The minimum Gasteiger partial charge on any atom is -0.489 e. The highest BCUT2D eigenvalue weighted by Gasteiger charge is 2.03. The topological polar surface area (TPSA) is 9.23 Å².